The molecule has 0 aliphatic rings. The summed E-state index contributed by atoms with van der Waals surface area (Å²) < 4.78 is 5.14. The zero-order valence-electron chi connectivity index (χ0n) is 12.7. The van der Waals surface area contributed by atoms with E-state index in [0.29, 0.717) is 34.9 Å². The molecule has 0 fully saturated rings. The van der Waals surface area contributed by atoms with Crippen LogP contribution in [0.25, 0.3) is 0 Å². The SMILES string of the molecule is COc1ccccc1C(=O)NCCNC(=O)c1ccccc1S. The second kappa shape index (κ2) is 8.24. The Morgan fingerprint density at radius 2 is 1.43 bits per heavy atom. The smallest absolute Gasteiger partial charge is 0.255 e. The van der Waals surface area contributed by atoms with Crippen LogP contribution in [0.5, 0.6) is 5.75 Å². The van der Waals surface area contributed by atoms with Gasteiger partial charge in [0.25, 0.3) is 11.8 Å². The van der Waals surface area contributed by atoms with E-state index < -0.39 is 0 Å². The van der Waals surface area contributed by atoms with Crippen molar-refractivity contribution in [3.63, 3.8) is 0 Å². The molecule has 2 amide bonds. The molecule has 6 heteroatoms. The first kappa shape index (κ1) is 16.9. The second-order valence-corrected chi connectivity index (χ2v) is 5.21. The lowest BCUT2D eigenvalue weighted by molar-refractivity contribution is 0.0924. The van der Waals surface area contributed by atoms with Crippen LogP contribution in [0.1, 0.15) is 20.7 Å². The molecule has 0 unspecified atom stereocenters. The molecule has 0 heterocycles. The van der Waals surface area contributed by atoms with Crippen molar-refractivity contribution >= 4 is 24.4 Å². The average Bonchev–Trinajstić information content (AvgIpc) is 2.58. The van der Waals surface area contributed by atoms with E-state index in [1.807, 2.05) is 6.07 Å². The maximum absolute atomic E-state index is 12.1. The molecule has 0 aliphatic carbocycles. The van der Waals surface area contributed by atoms with E-state index in [0.717, 1.165) is 0 Å². The number of hydrogen-bond donors (Lipinski definition) is 3. The van der Waals surface area contributed by atoms with E-state index in [4.69, 9.17) is 4.74 Å². The van der Waals surface area contributed by atoms with Gasteiger partial charge < -0.3 is 15.4 Å². The molecule has 0 atom stereocenters. The summed E-state index contributed by atoms with van der Waals surface area (Å²) in [4.78, 5) is 24.7. The Kier molecular flexibility index (Phi) is 6.05. The number of amides is 2. The number of ether oxygens (including phenoxy) is 1. The second-order valence-electron chi connectivity index (χ2n) is 4.73. The first-order valence-electron chi connectivity index (χ1n) is 7.11. The Balaban J connectivity index is 1.82. The fourth-order valence-electron chi connectivity index (χ4n) is 2.04. The number of carbonyl (C=O) groups excluding carboxylic acids is 2. The van der Waals surface area contributed by atoms with Crippen molar-refractivity contribution in [2.75, 3.05) is 20.2 Å². The standard InChI is InChI=1S/C17H18N2O3S/c1-22-14-8-4-2-6-12(14)16(20)18-10-11-19-17(21)13-7-3-5-9-15(13)23/h2-9,23H,10-11H2,1H3,(H,18,20)(H,19,21). The lowest BCUT2D eigenvalue weighted by atomic mass is 10.2. The summed E-state index contributed by atoms with van der Waals surface area (Å²) in [5.41, 5.74) is 0.967. The van der Waals surface area contributed by atoms with E-state index >= 15 is 0 Å². The highest BCUT2D eigenvalue weighted by Crippen LogP contribution is 2.16. The fourth-order valence-corrected chi connectivity index (χ4v) is 2.30. The normalized spacial score (nSPS) is 10.0. The molecule has 5 nitrogen and oxygen atoms in total. The fraction of sp³-hybridized carbons (Fsp3) is 0.176. The van der Waals surface area contributed by atoms with Crippen LogP contribution in [0.4, 0.5) is 0 Å². The Bertz CT molecular complexity index is 704. The van der Waals surface area contributed by atoms with Crippen molar-refractivity contribution < 1.29 is 14.3 Å². The van der Waals surface area contributed by atoms with Crippen molar-refractivity contribution in [2.45, 2.75) is 4.90 Å². The Hall–Kier alpha value is -2.47. The van der Waals surface area contributed by atoms with Crippen LogP contribution in [-0.2, 0) is 0 Å². The van der Waals surface area contributed by atoms with Gasteiger partial charge in [-0.05, 0) is 24.3 Å². The summed E-state index contributed by atoms with van der Waals surface area (Å²) in [6, 6.07) is 14.0. The van der Waals surface area contributed by atoms with Crippen molar-refractivity contribution in [3.8, 4) is 5.75 Å². The molecule has 0 aliphatic heterocycles. The molecule has 0 aromatic heterocycles. The lowest BCUT2D eigenvalue weighted by Crippen LogP contribution is -2.34. The first-order chi connectivity index (χ1) is 11.1. The van der Waals surface area contributed by atoms with Gasteiger partial charge in [0.15, 0.2) is 0 Å². The molecule has 2 N–H and O–H groups in total. The van der Waals surface area contributed by atoms with E-state index in [1.165, 1.54) is 7.11 Å². The third kappa shape index (κ3) is 4.50. The quantitative estimate of drug-likeness (QED) is 0.561. The van der Waals surface area contributed by atoms with Gasteiger partial charge in [0.2, 0.25) is 0 Å². The topological polar surface area (TPSA) is 67.4 Å². The molecule has 2 aromatic rings. The van der Waals surface area contributed by atoms with Gasteiger partial charge in [-0.25, -0.2) is 0 Å². The van der Waals surface area contributed by atoms with Crippen LogP contribution in [-0.4, -0.2) is 32.0 Å². The summed E-state index contributed by atoms with van der Waals surface area (Å²) in [7, 11) is 1.52. The van der Waals surface area contributed by atoms with Crippen molar-refractivity contribution in [2.24, 2.45) is 0 Å². The molecular weight excluding hydrogens is 312 g/mol. The maximum atomic E-state index is 12.1. The van der Waals surface area contributed by atoms with E-state index in [-0.39, 0.29) is 11.8 Å². The highest BCUT2D eigenvalue weighted by Gasteiger charge is 2.11. The molecule has 0 radical (unpaired) electrons. The van der Waals surface area contributed by atoms with Crippen LogP contribution < -0.4 is 15.4 Å². The molecule has 23 heavy (non-hydrogen) atoms. The van der Waals surface area contributed by atoms with Crippen LogP contribution >= 0.6 is 12.6 Å². The molecule has 2 aromatic carbocycles. The number of nitrogens with one attached hydrogen (secondary N) is 2. The van der Waals surface area contributed by atoms with Gasteiger partial charge in [0.05, 0.1) is 18.2 Å². The van der Waals surface area contributed by atoms with E-state index in [9.17, 15) is 9.59 Å². The van der Waals surface area contributed by atoms with Gasteiger partial charge in [-0.1, -0.05) is 24.3 Å². The maximum Gasteiger partial charge on any atom is 0.255 e. The minimum Gasteiger partial charge on any atom is -0.496 e. The molecule has 0 saturated carbocycles. The zero-order valence-corrected chi connectivity index (χ0v) is 13.6. The Labute approximate surface area is 140 Å². The van der Waals surface area contributed by atoms with Gasteiger partial charge in [-0.15, -0.1) is 12.6 Å². The van der Waals surface area contributed by atoms with Crippen molar-refractivity contribution in [1.82, 2.24) is 10.6 Å². The van der Waals surface area contributed by atoms with Gasteiger partial charge in [-0.3, -0.25) is 9.59 Å². The summed E-state index contributed by atoms with van der Waals surface area (Å²) in [6.45, 7) is 0.638. The highest BCUT2D eigenvalue weighted by atomic mass is 32.1. The van der Waals surface area contributed by atoms with Crippen molar-refractivity contribution in [3.05, 3.63) is 59.7 Å². The monoisotopic (exact) mass is 330 g/mol. The number of para-hydroxylation sites is 1. The van der Waals surface area contributed by atoms with Crippen molar-refractivity contribution in [1.29, 1.82) is 0 Å². The summed E-state index contributed by atoms with van der Waals surface area (Å²) in [5.74, 6) is 0.0477. The summed E-state index contributed by atoms with van der Waals surface area (Å²) in [5, 5.41) is 5.48. The van der Waals surface area contributed by atoms with Crippen LogP contribution in [0.2, 0.25) is 0 Å². The van der Waals surface area contributed by atoms with Crippen LogP contribution in [0.3, 0.4) is 0 Å². The largest absolute Gasteiger partial charge is 0.496 e. The minimum atomic E-state index is -0.244. The Morgan fingerprint density at radius 3 is 2.04 bits per heavy atom. The van der Waals surface area contributed by atoms with Crippen LogP contribution in [0.15, 0.2) is 53.4 Å². The zero-order chi connectivity index (χ0) is 16.7. The predicted molar refractivity (Wildman–Crippen MR) is 91.4 cm³/mol. The third-order valence-corrected chi connectivity index (χ3v) is 3.59. The first-order valence-corrected chi connectivity index (χ1v) is 7.55. The van der Waals surface area contributed by atoms with E-state index in [1.54, 1.807) is 42.5 Å². The van der Waals surface area contributed by atoms with Gasteiger partial charge in [0, 0.05) is 18.0 Å². The molecule has 0 spiro atoms. The van der Waals surface area contributed by atoms with Gasteiger partial charge in [0.1, 0.15) is 5.75 Å². The third-order valence-electron chi connectivity index (χ3n) is 3.20. The molecule has 0 bridgehead atoms. The number of hydrogen-bond acceptors (Lipinski definition) is 4. The number of rotatable bonds is 6. The van der Waals surface area contributed by atoms with E-state index in [2.05, 4.69) is 23.3 Å². The lowest BCUT2D eigenvalue weighted by Gasteiger charge is -2.10. The predicted octanol–water partition coefficient (Wildman–Crippen LogP) is 2.14. The van der Waals surface area contributed by atoms with Crippen LogP contribution in [0, 0.1) is 0 Å². The molecule has 0 saturated heterocycles. The molecular formula is C17H18N2O3S. The highest BCUT2D eigenvalue weighted by molar-refractivity contribution is 7.80. The van der Waals surface area contributed by atoms with Gasteiger partial charge >= 0.3 is 0 Å². The minimum absolute atomic E-state index is 0.220. The number of carbonyl (C=O) groups is 2. The van der Waals surface area contributed by atoms with Gasteiger partial charge in [-0.2, -0.15) is 0 Å². The number of methoxy groups -OCH3 is 1. The molecule has 2 rings (SSSR count). The summed E-state index contributed by atoms with van der Waals surface area (Å²) >= 11 is 4.24. The number of thiol groups is 1. The summed E-state index contributed by atoms with van der Waals surface area (Å²) in [6.07, 6.45) is 0. The molecule has 120 valence electrons. The number of benzene rings is 2. The Morgan fingerprint density at radius 1 is 0.913 bits per heavy atom. The average molecular weight is 330 g/mol.